The maximum absolute atomic E-state index is 11.9. The largest absolute Gasteiger partial charge is 0.459 e. The van der Waals surface area contributed by atoms with E-state index in [-0.39, 0.29) is 11.6 Å². The van der Waals surface area contributed by atoms with Crippen molar-refractivity contribution in [2.24, 2.45) is 0 Å². The van der Waals surface area contributed by atoms with Gasteiger partial charge in [0.2, 0.25) is 0 Å². The number of carbonyl (C=O) groups is 1. The fourth-order valence-corrected chi connectivity index (χ4v) is 3.31. The summed E-state index contributed by atoms with van der Waals surface area (Å²) in [5, 5.41) is 0. The highest BCUT2D eigenvalue weighted by atomic mass is 16.6. The van der Waals surface area contributed by atoms with Gasteiger partial charge in [0, 0.05) is 6.42 Å². The summed E-state index contributed by atoms with van der Waals surface area (Å²) in [6, 6.07) is 0. The van der Waals surface area contributed by atoms with Crippen LogP contribution in [0.15, 0.2) is 0 Å². The molecular weight excluding hydrogens is 260 g/mol. The molecule has 0 aromatic heterocycles. The lowest BCUT2D eigenvalue weighted by atomic mass is 9.86. The van der Waals surface area contributed by atoms with Gasteiger partial charge in [0.1, 0.15) is 5.60 Å². The summed E-state index contributed by atoms with van der Waals surface area (Å²) in [6.45, 7) is 4.37. The van der Waals surface area contributed by atoms with Crippen LogP contribution in [0.3, 0.4) is 0 Å². The van der Waals surface area contributed by atoms with E-state index in [4.69, 9.17) is 4.74 Å². The molecule has 0 heterocycles. The zero-order chi connectivity index (χ0) is 15.4. The Kier molecular flexibility index (Phi) is 9.78. The molecule has 0 spiro atoms. The van der Waals surface area contributed by atoms with Gasteiger partial charge >= 0.3 is 5.97 Å². The van der Waals surface area contributed by atoms with E-state index in [2.05, 4.69) is 13.8 Å². The van der Waals surface area contributed by atoms with Gasteiger partial charge in [-0.1, -0.05) is 64.7 Å². The maximum Gasteiger partial charge on any atom is 0.306 e. The third-order valence-electron chi connectivity index (χ3n) is 4.76. The van der Waals surface area contributed by atoms with E-state index in [1.54, 1.807) is 0 Å². The highest BCUT2D eigenvalue weighted by Gasteiger charge is 2.30. The van der Waals surface area contributed by atoms with E-state index < -0.39 is 0 Å². The van der Waals surface area contributed by atoms with Crippen LogP contribution in [0.5, 0.6) is 0 Å². The minimum atomic E-state index is -0.158. The van der Waals surface area contributed by atoms with Crippen LogP contribution in [0.2, 0.25) is 0 Å². The van der Waals surface area contributed by atoms with Crippen LogP contribution in [0.4, 0.5) is 0 Å². The number of esters is 1. The molecule has 1 aliphatic rings. The average molecular weight is 296 g/mol. The zero-order valence-electron chi connectivity index (χ0n) is 14.4. The van der Waals surface area contributed by atoms with Crippen LogP contribution >= 0.6 is 0 Å². The van der Waals surface area contributed by atoms with E-state index in [1.807, 2.05) is 0 Å². The number of rotatable bonds is 11. The molecule has 0 aromatic carbocycles. The predicted molar refractivity (Wildman–Crippen MR) is 89.4 cm³/mol. The van der Waals surface area contributed by atoms with Gasteiger partial charge < -0.3 is 4.74 Å². The summed E-state index contributed by atoms with van der Waals surface area (Å²) in [5.74, 6) is 0.0299. The Hall–Kier alpha value is -0.530. The number of carbonyl (C=O) groups excluding carboxylic acids is 1. The third kappa shape index (κ3) is 9.16. The average Bonchev–Trinajstić information content (AvgIpc) is 2.46. The Morgan fingerprint density at radius 2 is 1.38 bits per heavy atom. The van der Waals surface area contributed by atoms with Crippen molar-refractivity contribution >= 4 is 5.97 Å². The Morgan fingerprint density at radius 1 is 0.857 bits per heavy atom. The Balaban J connectivity index is 1.93. The number of hydrogen-bond acceptors (Lipinski definition) is 2. The smallest absolute Gasteiger partial charge is 0.306 e. The summed E-state index contributed by atoms with van der Waals surface area (Å²) in [6.07, 6.45) is 18.1. The number of unbranched alkanes of at least 4 members (excludes halogenated alkanes) is 8. The molecule has 0 amide bonds. The molecule has 0 unspecified atom stereocenters. The van der Waals surface area contributed by atoms with Crippen molar-refractivity contribution in [1.29, 1.82) is 0 Å². The predicted octanol–water partition coefficient (Wildman–Crippen LogP) is 6.17. The quantitative estimate of drug-likeness (QED) is 0.336. The lowest BCUT2D eigenvalue weighted by molar-refractivity contribution is -0.161. The molecule has 0 atom stereocenters. The van der Waals surface area contributed by atoms with Crippen molar-refractivity contribution < 1.29 is 9.53 Å². The number of ether oxygens (including phenoxy) is 1. The van der Waals surface area contributed by atoms with Gasteiger partial charge in [-0.25, -0.2) is 0 Å². The molecule has 0 radical (unpaired) electrons. The molecule has 0 N–H and O–H groups in total. The first kappa shape index (κ1) is 18.5. The summed E-state index contributed by atoms with van der Waals surface area (Å²) >= 11 is 0. The first-order valence-corrected chi connectivity index (χ1v) is 9.38. The molecule has 124 valence electrons. The second-order valence-electron chi connectivity index (χ2n) is 7.06. The fraction of sp³-hybridized carbons (Fsp3) is 0.947. The van der Waals surface area contributed by atoms with Crippen molar-refractivity contribution in [3.05, 3.63) is 0 Å². The monoisotopic (exact) mass is 296 g/mol. The van der Waals surface area contributed by atoms with Crippen molar-refractivity contribution in [1.82, 2.24) is 0 Å². The van der Waals surface area contributed by atoms with E-state index in [9.17, 15) is 4.79 Å². The Labute approximate surface area is 132 Å². The summed E-state index contributed by atoms with van der Waals surface area (Å²) < 4.78 is 5.71. The molecule has 2 heteroatoms. The Bertz CT molecular complexity index is 267. The van der Waals surface area contributed by atoms with Crippen LogP contribution in [-0.2, 0) is 9.53 Å². The molecule has 1 rings (SSSR count). The third-order valence-corrected chi connectivity index (χ3v) is 4.76. The maximum atomic E-state index is 11.9. The van der Waals surface area contributed by atoms with E-state index in [1.165, 1.54) is 70.6 Å². The van der Waals surface area contributed by atoms with Gasteiger partial charge in [-0.2, -0.15) is 0 Å². The van der Waals surface area contributed by atoms with Gasteiger partial charge in [-0.05, 0) is 39.0 Å². The zero-order valence-corrected chi connectivity index (χ0v) is 14.4. The molecular formula is C19H36O2. The van der Waals surface area contributed by atoms with Crippen molar-refractivity contribution in [3.8, 4) is 0 Å². The molecule has 0 bridgehead atoms. The molecule has 1 saturated carbocycles. The van der Waals surface area contributed by atoms with E-state index >= 15 is 0 Å². The standard InChI is InChI=1S/C19H36O2/c1-3-4-5-6-7-8-9-10-12-15-18(20)21-19(2)16-13-11-14-17-19/h3-17H2,1-2H3. The minimum Gasteiger partial charge on any atom is -0.459 e. The second kappa shape index (κ2) is 11.1. The molecule has 0 aromatic rings. The first-order valence-electron chi connectivity index (χ1n) is 9.38. The van der Waals surface area contributed by atoms with Gasteiger partial charge in [0.25, 0.3) is 0 Å². The van der Waals surface area contributed by atoms with E-state index in [0.29, 0.717) is 6.42 Å². The van der Waals surface area contributed by atoms with Crippen LogP contribution in [0, 0.1) is 0 Å². The van der Waals surface area contributed by atoms with Crippen molar-refractivity contribution in [2.75, 3.05) is 0 Å². The van der Waals surface area contributed by atoms with Crippen LogP contribution in [-0.4, -0.2) is 11.6 Å². The molecule has 0 aliphatic heterocycles. The summed E-state index contributed by atoms with van der Waals surface area (Å²) in [5.41, 5.74) is -0.158. The van der Waals surface area contributed by atoms with Gasteiger partial charge in [0.15, 0.2) is 0 Å². The fourth-order valence-electron chi connectivity index (χ4n) is 3.31. The molecule has 2 nitrogen and oxygen atoms in total. The highest BCUT2D eigenvalue weighted by molar-refractivity contribution is 5.69. The summed E-state index contributed by atoms with van der Waals surface area (Å²) in [7, 11) is 0. The molecule has 1 fully saturated rings. The van der Waals surface area contributed by atoms with Crippen molar-refractivity contribution in [3.63, 3.8) is 0 Å². The highest BCUT2D eigenvalue weighted by Crippen LogP contribution is 2.31. The lowest BCUT2D eigenvalue weighted by Crippen LogP contribution is -2.33. The second-order valence-corrected chi connectivity index (χ2v) is 7.06. The molecule has 21 heavy (non-hydrogen) atoms. The van der Waals surface area contributed by atoms with Gasteiger partial charge in [-0.15, -0.1) is 0 Å². The van der Waals surface area contributed by atoms with E-state index in [0.717, 1.165) is 19.3 Å². The molecule has 0 saturated heterocycles. The summed E-state index contributed by atoms with van der Waals surface area (Å²) in [4.78, 5) is 11.9. The minimum absolute atomic E-state index is 0.0299. The number of hydrogen-bond donors (Lipinski definition) is 0. The Morgan fingerprint density at radius 3 is 1.95 bits per heavy atom. The molecule has 1 aliphatic carbocycles. The lowest BCUT2D eigenvalue weighted by Gasteiger charge is -2.33. The van der Waals surface area contributed by atoms with Crippen molar-refractivity contribution in [2.45, 2.75) is 116 Å². The SMILES string of the molecule is CCCCCCCCCCCC(=O)OC1(C)CCCCC1. The normalized spacial score (nSPS) is 17.6. The van der Waals surface area contributed by atoms with Gasteiger partial charge in [-0.3, -0.25) is 4.79 Å². The van der Waals surface area contributed by atoms with Crippen LogP contribution in [0.1, 0.15) is 110 Å². The first-order chi connectivity index (χ1) is 10.2. The van der Waals surface area contributed by atoms with Gasteiger partial charge in [0.05, 0.1) is 0 Å². The topological polar surface area (TPSA) is 26.3 Å². The van der Waals surface area contributed by atoms with Crippen LogP contribution < -0.4 is 0 Å². The van der Waals surface area contributed by atoms with Crippen LogP contribution in [0.25, 0.3) is 0 Å².